The van der Waals surface area contributed by atoms with Gasteiger partial charge in [-0.1, -0.05) is 0 Å². The number of nitrogens with zero attached hydrogens (tertiary/aromatic N) is 1. The standard InChI is InChI=1S/C5H10ClNO4S.C4H10O.CClNO3S.H3P/c1-5(2,3)11-4(8)7-12(6,9)10;1-4(2,3)5;2-7(4,5)6-1-3;/h1-3H3,(H,7,8);5H,1-3H3;;1H3. The van der Waals surface area contributed by atoms with Gasteiger partial charge in [0.2, 0.25) is 0 Å². The number of ether oxygens (including phenoxy) is 1. The van der Waals surface area contributed by atoms with E-state index in [1.165, 1.54) is 4.72 Å². The topological polar surface area (TPSA) is 160 Å². The Morgan fingerprint density at radius 1 is 1.08 bits per heavy atom. The second-order valence-electron chi connectivity index (χ2n) is 5.78. The number of hydrogen-bond acceptors (Lipinski definition) is 9. The summed E-state index contributed by atoms with van der Waals surface area (Å²) < 4.78 is 49.0. The highest BCUT2D eigenvalue weighted by Crippen LogP contribution is 2.07. The molecule has 15 heteroatoms. The van der Waals surface area contributed by atoms with Crippen LogP contribution in [0.3, 0.4) is 0 Å². The first-order valence-corrected chi connectivity index (χ1v) is 10.4. The highest BCUT2D eigenvalue weighted by atomic mass is 35.7. The van der Waals surface area contributed by atoms with Gasteiger partial charge < -0.3 is 9.84 Å². The fourth-order valence-electron chi connectivity index (χ4n) is 0.443. The average molecular weight is 465 g/mol. The van der Waals surface area contributed by atoms with Crippen molar-refractivity contribution in [2.45, 2.75) is 52.7 Å². The molecular formula is C10H23Cl2N2O8PS2. The Morgan fingerprint density at radius 2 is 1.40 bits per heavy atom. The largest absolute Gasteiger partial charge is 0.443 e. The molecule has 0 spiro atoms. The van der Waals surface area contributed by atoms with Gasteiger partial charge in [-0.25, -0.2) is 9.52 Å². The molecule has 0 aromatic carbocycles. The molecule has 1 atom stereocenters. The van der Waals surface area contributed by atoms with E-state index < -0.39 is 35.9 Å². The summed E-state index contributed by atoms with van der Waals surface area (Å²) in [5.74, 6) is 0. The first-order chi connectivity index (χ1) is 10.2. The Kier molecular flexibility index (Phi) is 16.4. The van der Waals surface area contributed by atoms with Crippen LogP contribution in [-0.2, 0) is 27.5 Å². The van der Waals surface area contributed by atoms with E-state index in [1.807, 2.05) is 0 Å². The number of nitriles is 1. The summed E-state index contributed by atoms with van der Waals surface area (Å²) in [6, 6.07) is 0. The van der Waals surface area contributed by atoms with Crippen LogP contribution in [0.25, 0.3) is 0 Å². The predicted molar refractivity (Wildman–Crippen MR) is 98.7 cm³/mol. The number of hydrogen-bond donors (Lipinski definition) is 2. The minimum atomic E-state index is -4.06. The SMILES string of the molecule is CC(C)(C)O.CC(C)(C)OC(=O)NS(=O)(=O)Cl.N#COS(=O)(=O)Cl.P. The number of aliphatic hydroxyl groups is 1. The maximum absolute atomic E-state index is 10.7. The van der Waals surface area contributed by atoms with Gasteiger partial charge in [0.25, 0.3) is 0 Å². The molecule has 0 bridgehead atoms. The van der Waals surface area contributed by atoms with E-state index in [2.05, 4.69) is 19.6 Å². The van der Waals surface area contributed by atoms with Crippen LogP contribution in [0.5, 0.6) is 0 Å². The van der Waals surface area contributed by atoms with Gasteiger partial charge in [0.1, 0.15) is 5.60 Å². The number of amides is 1. The maximum atomic E-state index is 10.7. The van der Waals surface area contributed by atoms with Gasteiger partial charge in [-0.2, -0.15) is 26.7 Å². The minimum Gasteiger partial charge on any atom is -0.443 e. The molecule has 10 nitrogen and oxygen atoms in total. The van der Waals surface area contributed by atoms with E-state index in [-0.39, 0.29) is 9.90 Å². The molecule has 152 valence electrons. The molecule has 0 heterocycles. The average Bonchev–Trinajstić information content (AvgIpc) is 2.05. The molecule has 25 heavy (non-hydrogen) atoms. The van der Waals surface area contributed by atoms with Crippen LogP contribution in [-0.4, -0.2) is 39.2 Å². The Hall–Kier alpha value is -0.570. The Morgan fingerprint density at radius 3 is 1.52 bits per heavy atom. The van der Waals surface area contributed by atoms with E-state index in [9.17, 15) is 21.6 Å². The fraction of sp³-hybridized carbons (Fsp3) is 0.800. The molecule has 0 aliphatic carbocycles. The van der Waals surface area contributed by atoms with Crippen molar-refractivity contribution >= 4 is 55.9 Å². The third-order valence-corrected chi connectivity index (χ3v) is 1.85. The van der Waals surface area contributed by atoms with Crippen molar-refractivity contribution in [1.82, 2.24) is 4.72 Å². The second kappa shape index (κ2) is 12.7. The molecule has 0 saturated heterocycles. The van der Waals surface area contributed by atoms with Crippen molar-refractivity contribution < 1.29 is 35.7 Å². The van der Waals surface area contributed by atoms with E-state index in [0.29, 0.717) is 0 Å². The van der Waals surface area contributed by atoms with Crippen LogP contribution in [0.15, 0.2) is 0 Å². The summed E-state index contributed by atoms with van der Waals surface area (Å²) in [7, 11) is 0.967. The zero-order valence-electron chi connectivity index (χ0n) is 14.5. The lowest BCUT2D eigenvalue weighted by Crippen LogP contribution is -2.34. The molecule has 2 N–H and O–H groups in total. The highest BCUT2D eigenvalue weighted by molar-refractivity contribution is 8.12. The Labute approximate surface area is 160 Å². The second-order valence-corrected chi connectivity index (χ2v) is 10.2. The summed E-state index contributed by atoms with van der Waals surface area (Å²) in [6.07, 6.45) is -0.198. The lowest BCUT2D eigenvalue weighted by molar-refractivity contribution is 0.0571. The third-order valence-electron chi connectivity index (χ3n) is 0.741. The van der Waals surface area contributed by atoms with E-state index in [0.717, 1.165) is 6.26 Å². The van der Waals surface area contributed by atoms with Crippen LogP contribution in [0.4, 0.5) is 4.79 Å². The van der Waals surface area contributed by atoms with Gasteiger partial charge in [-0.15, -0.1) is 5.26 Å². The summed E-state index contributed by atoms with van der Waals surface area (Å²) in [5.41, 5.74) is -1.24. The fourth-order valence-corrected chi connectivity index (χ4v) is 1.05. The molecular weight excluding hydrogens is 442 g/mol. The Balaban J connectivity index is -0.000000145. The van der Waals surface area contributed by atoms with Gasteiger partial charge in [-0.05, 0) is 41.5 Å². The van der Waals surface area contributed by atoms with Gasteiger partial charge in [0.05, 0.1) is 16.3 Å². The molecule has 0 aliphatic heterocycles. The van der Waals surface area contributed by atoms with Crippen LogP contribution in [0.2, 0.25) is 0 Å². The smallest absolute Gasteiger partial charge is 0.422 e. The monoisotopic (exact) mass is 464 g/mol. The van der Waals surface area contributed by atoms with Crippen molar-refractivity contribution in [2.24, 2.45) is 0 Å². The first kappa shape index (κ1) is 32.1. The van der Waals surface area contributed by atoms with Gasteiger partial charge in [-0.3, -0.25) is 4.18 Å². The van der Waals surface area contributed by atoms with Crippen molar-refractivity contribution in [3.8, 4) is 6.26 Å². The lowest BCUT2D eigenvalue weighted by Gasteiger charge is -2.18. The Bertz CT molecular complexity index is 627. The van der Waals surface area contributed by atoms with Crippen molar-refractivity contribution in [3.63, 3.8) is 0 Å². The van der Waals surface area contributed by atoms with Gasteiger partial charge in [0, 0.05) is 10.7 Å². The van der Waals surface area contributed by atoms with Gasteiger partial charge in [0.15, 0.2) is 0 Å². The number of carbonyl (C=O) groups is 1. The predicted octanol–water partition coefficient (Wildman–Crippen LogP) is 1.80. The number of rotatable bonds is 2. The molecule has 0 aliphatic rings. The van der Waals surface area contributed by atoms with E-state index >= 15 is 0 Å². The molecule has 0 fully saturated rings. The molecule has 0 rings (SSSR count). The third kappa shape index (κ3) is 59.7. The van der Waals surface area contributed by atoms with Gasteiger partial charge >= 0.3 is 30.9 Å². The normalized spacial score (nSPS) is 11.0. The van der Waals surface area contributed by atoms with Crippen LogP contribution in [0.1, 0.15) is 41.5 Å². The lowest BCUT2D eigenvalue weighted by atomic mass is 10.2. The maximum Gasteiger partial charge on any atom is 0.422 e. The zero-order chi connectivity index (χ0) is 20.4. The summed E-state index contributed by atoms with van der Waals surface area (Å²) >= 11 is 0. The summed E-state index contributed by atoms with van der Waals surface area (Å²) in [6.45, 7) is 10.0. The molecule has 0 aromatic heterocycles. The molecule has 0 saturated carbocycles. The van der Waals surface area contributed by atoms with Crippen molar-refractivity contribution in [2.75, 3.05) is 0 Å². The number of halogens is 2. The molecule has 0 aromatic rings. The first-order valence-electron chi connectivity index (χ1n) is 5.86. The van der Waals surface area contributed by atoms with Crippen LogP contribution >= 0.6 is 31.3 Å². The highest BCUT2D eigenvalue weighted by Gasteiger charge is 2.19. The molecule has 1 unspecified atom stereocenters. The van der Waals surface area contributed by atoms with E-state index in [4.69, 9.17) is 21.1 Å². The van der Waals surface area contributed by atoms with Crippen LogP contribution < -0.4 is 4.72 Å². The number of nitrogens with one attached hydrogen (secondary N) is 1. The van der Waals surface area contributed by atoms with E-state index in [1.54, 1.807) is 41.5 Å². The van der Waals surface area contributed by atoms with Crippen LogP contribution in [0, 0.1) is 11.5 Å². The van der Waals surface area contributed by atoms with Crippen molar-refractivity contribution in [3.05, 3.63) is 0 Å². The quantitative estimate of drug-likeness (QED) is 0.352. The zero-order valence-corrected chi connectivity index (χ0v) is 19.1. The minimum absolute atomic E-state index is 0. The number of carbonyl (C=O) groups excluding carboxylic acids is 1. The molecule has 1 amide bonds. The summed E-state index contributed by atoms with van der Waals surface area (Å²) in [4.78, 5) is 10.7. The summed E-state index contributed by atoms with van der Waals surface area (Å²) in [5, 5.41) is 16.0. The molecule has 0 radical (unpaired) electrons. The van der Waals surface area contributed by atoms with Crippen molar-refractivity contribution in [1.29, 1.82) is 5.26 Å².